The molecule has 1 fully saturated rings. The summed E-state index contributed by atoms with van der Waals surface area (Å²) in [5.41, 5.74) is 2.46. The average molecular weight is 346 g/mol. The summed E-state index contributed by atoms with van der Waals surface area (Å²) in [6.45, 7) is 1.52. The number of nitrogens with one attached hydrogen (secondary N) is 1. The highest BCUT2D eigenvalue weighted by Gasteiger charge is 2.12. The standard InChI is InChI=1S/C21H27NO.ClH/c1-2-7-14-20(13-6-1)22-16-19-12-8-9-15-21(19)23-17-18-10-4-3-5-11-18;/h3-5,8-12,15,20,22H,1-2,6-7,13-14,16-17H2;1H. The van der Waals surface area contributed by atoms with Crippen molar-refractivity contribution in [3.8, 4) is 5.75 Å². The second-order valence-electron chi connectivity index (χ2n) is 6.45. The molecule has 2 nitrogen and oxygen atoms in total. The fourth-order valence-corrected chi connectivity index (χ4v) is 3.26. The van der Waals surface area contributed by atoms with Crippen molar-refractivity contribution in [1.82, 2.24) is 5.32 Å². The Morgan fingerprint density at radius 3 is 2.25 bits per heavy atom. The van der Waals surface area contributed by atoms with Gasteiger partial charge in [0, 0.05) is 18.2 Å². The van der Waals surface area contributed by atoms with Crippen LogP contribution < -0.4 is 10.1 Å². The number of para-hydroxylation sites is 1. The van der Waals surface area contributed by atoms with Crippen molar-refractivity contribution in [2.45, 2.75) is 57.7 Å². The lowest BCUT2D eigenvalue weighted by molar-refractivity contribution is 0.301. The Morgan fingerprint density at radius 2 is 1.50 bits per heavy atom. The van der Waals surface area contributed by atoms with Crippen LogP contribution in [0.25, 0.3) is 0 Å². The van der Waals surface area contributed by atoms with Crippen LogP contribution in [0.15, 0.2) is 54.6 Å². The smallest absolute Gasteiger partial charge is 0.124 e. The fourth-order valence-electron chi connectivity index (χ4n) is 3.26. The molecule has 2 aromatic rings. The summed E-state index contributed by atoms with van der Waals surface area (Å²) in [5.74, 6) is 0.998. The van der Waals surface area contributed by atoms with E-state index >= 15 is 0 Å². The Labute approximate surface area is 152 Å². The molecule has 130 valence electrons. The Hall–Kier alpha value is -1.51. The molecule has 1 aliphatic rings. The van der Waals surface area contributed by atoms with E-state index in [1.165, 1.54) is 49.7 Å². The SMILES string of the molecule is Cl.c1ccc(COc2ccccc2CNC2CCCCCC2)cc1. The summed E-state index contributed by atoms with van der Waals surface area (Å²) in [6.07, 6.45) is 8.15. The van der Waals surface area contributed by atoms with Crippen LogP contribution in [0.5, 0.6) is 5.75 Å². The first-order valence-electron chi connectivity index (χ1n) is 8.90. The largest absolute Gasteiger partial charge is 0.489 e. The molecule has 1 aliphatic carbocycles. The molecular weight excluding hydrogens is 318 g/mol. The number of benzene rings is 2. The van der Waals surface area contributed by atoms with E-state index in [0.717, 1.165) is 12.3 Å². The van der Waals surface area contributed by atoms with Crippen molar-refractivity contribution in [1.29, 1.82) is 0 Å². The Kier molecular flexibility index (Phi) is 8.14. The lowest BCUT2D eigenvalue weighted by atomic mass is 10.1. The van der Waals surface area contributed by atoms with Gasteiger partial charge in [-0.05, 0) is 24.5 Å². The van der Waals surface area contributed by atoms with Gasteiger partial charge in [0.25, 0.3) is 0 Å². The highest BCUT2D eigenvalue weighted by molar-refractivity contribution is 5.85. The van der Waals surface area contributed by atoms with Crippen molar-refractivity contribution < 1.29 is 4.74 Å². The van der Waals surface area contributed by atoms with E-state index < -0.39 is 0 Å². The van der Waals surface area contributed by atoms with Crippen LogP contribution in [0.3, 0.4) is 0 Å². The topological polar surface area (TPSA) is 21.3 Å². The maximum Gasteiger partial charge on any atom is 0.124 e. The third kappa shape index (κ3) is 5.85. The van der Waals surface area contributed by atoms with E-state index in [1.54, 1.807) is 0 Å². The van der Waals surface area contributed by atoms with Gasteiger partial charge >= 0.3 is 0 Å². The predicted molar refractivity (Wildman–Crippen MR) is 103 cm³/mol. The molecule has 0 heterocycles. The molecule has 0 aliphatic heterocycles. The molecule has 0 amide bonds. The lowest BCUT2D eigenvalue weighted by Crippen LogP contribution is -2.28. The van der Waals surface area contributed by atoms with E-state index in [2.05, 4.69) is 53.8 Å². The van der Waals surface area contributed by atoms with Crippen LogP contribution >= 0.6 is 12.4 Å². The number of rotatable bonds is 6. The van der Waals surface area contributed by atoms with Crippen LogP contribution in [0.4, 0.5) is 0 Å². The molecule has 1 N–H and O–H groups in total. The van der Waals surface area contributed by atoms with E-state index in [4.69, 9.17) is 4.74 Å². The zero-order valence-corrected chi connectivity index (χ0v) is 15.1. The Bertz CT molecular complexity index is 579. The lowest BCUT2D eigenvalue weighted by Gasteiger charge is -2.18. The summed E-state index contributed by atoms with van der Waals surface area (Å²) in [6, 6.07) is 19.4. The molecule has 0 saturated heterocycles. The van der Waals surface area contributed by atoms with Gasteiger partial charge in [0.2, 0.25) is 0 Å². The van der Waals surface area contributed by atoms with Crippen LogP contribution in [0.1, 0.15) is 49.7 Å². The first-order valence-corrected chi connectivity index (χ1v) is 8.90. The highest BCUT2D eigenvalue weighted by atomic mass is 35.5. The van der Waals surface area contributed by atoms with Gasteiger partial charge in [-0.25, -0.2) is 0 Å². The van der Waals surface area contributed by atoms with E-state index in [0.29, 0.717) is 12.6 Å². The predicted octanol–water partition coefficient (Wildman–Crippen LogP) is 5.50. The van der Waals surface area contributed by atoms with Crippen molar-refractivity contribution in [2.75, 3.05) is 0 Å². The molecule has 0 bridgehead atoms. The Balaban J connectivity index is 0.00000208. The van der Waals surface area contributed by atoms with Gasteiger partial charge in [0.1, 0.15) is 12.4 Å². The first-order chi connectivity index (χ1) is 11.4. The van der Waals surface area contributed by atoms with Crippen molar-refractivity contribution >= 4 is 12.4 Å². The first kappa shape index (κ1) is 18.8. The average Bonchev–Trinajstić information content (AvgIpc) is 2.88. The summed E-state index contributed by atoms with van der Waals surface area (Å²) in [7, 11) is 0. The Morgan fingerprint density at radius 1 is 0.833 bits per heavy atom. The number of halogens is 1. The van der Waals surface area contributed by atoms with Crippen LogP contribution in [-0.4, -0.2) is 6.04 Å². The maximum absolute atomic E-state index is 6.05. The summed E-state index contributed by atoms with van der Waals surface area (Å²) in [5, 5.41) is 3.74. The van der Waals surface area contributed by atoms with Gasteiger partial charge in [-0.3, -0.25) is 0 Å². The maximum atomic E-state index is 6.05. The van der Waals surface area contributed by atoms with Gasteiger partial charge < -0.3 is 10.1 Å². The fraction of sp³-hybridized carbons (Fsp3) is 0.429. The van der Waals surface area contributed by atoms with Gasteiger partial charge in [-0.1, -0.05) is 74.2 Å². The zero-order chi connectivity index (χ0) is 15.7. The monoisotopic (exact) mass is 345 g/mol. The van der Waals surface area contributed by atoms with Crippen LogP contribution in [0.2, 0.25) is 0 Å². The van der Waals surface area contributed by atoms with Crippen molar-refractivity contribution in [2.24, 2.45) is 0 Å². The molecular formula is C21H28ClNO. The second kappa shape index (κ2) is 10.4. The third-order valence-corrected chi connectivity index (χ3v) is 4.65. The van der Waals surface area contributed by atoms with Crippen molar-refractivity contribution in [3.63, 3.8) is 0 Å². The highest BCUT2D eigenvalue weighted by Crippen LogP contribution is 2.21. The minimum atomic E-state index is 0. The molecule has 0 atom stereocenters. The van der Waals surface area contributed by atoms with Crippen molar-refractivity contribution in [3.05, 3.63) is 65.7 Å². The molecule has 1 saturated carbocycles. The minimum Gasteiger partial charge on any atom is -0.489 e. The van der Waals surface area contributed by atoms with Gasteiger partial charge in [-0.2, -0.15) is 0 Å². The molecule has 0 radical (unpaired) electrons. The van der Waals surface area contributed by atoms with Gasteiger partial charge in [0.15, 0.2) is 0 Å². The number of ether oxygens (including phenoxy) is 1. The third-order valence-electron chi connectivity index (χ3n) is 4.65. The van der Waals surface area contributed by atoms with E-state index in [1.807, 2.05) is 6.07 Å². The van der Waals surface area contributed by atoms with Gasteiger partial charge in [0.05, 0.1) is 0 Å². The summed E-state index contributed by atoms with van der Waals surface area (Å²) >= 11 is 0. The molecule has 2 aromatic carbocycles. The minimum absolute atomic E-state index is 0. The summed E-state index contributed by atoms with van der Waals surface area (Å²) < 4.78 is 6.05. The number of hydrogen-bond donors (Lipinski definition) is 1. The summed E-state index contributed by atoms with van der Waals surface area (Å²) in [4.78, 5) is 0. The molecule has 0 spiro atoms. The van der Waals surface area contributed by atoms with E-state index in [-0.39, 0.29) is 12.4 Å². The second-order valence-corrected chi connectivity index (χ2v) is 6.45. The normalized spacial score (nSPS) is 15.3. The molecule has 24 heavy (non-hydrogen) atoms. The van der Waals surface area contributed by atoms with E-state index in [9.17, 15) is 0 Å². The van der Waals surface area contributed by atoms with Crippen LogP contribution in [-0.2, 0) is 13.2 Å². The van der Waals surface area contributed by atoms with Crippen LogP contribution in [0, 0.1) is 0 Å². The molecule has 3 rings (SSSR count). The van der Waals surface area contributed by atoms with Gasteiger partial charge in [-0.15, -0.1) is 12.4 Å². The quantitative estimate of drug-likeness (QED) is 0.698. The molecule has 3 heteroatoms. The molecule has 0 unspecified atom stereocenters. The number of hydrogen-bond acceptors (Lipinski definition) is 2. The zero-order valence-electron chi connectivity index (χ0n) is 14.2. The molecule has 0 aromatic heterocycles.